The largest absolute Gasteiger partial charge is 0.368 e. The van der Waals surface area contributed by atoms with E-state index in [0.717, 1.165) is 64.8 Å². The van der Waals surface area contributed by atoms with Gasteiger partial charge in [0, 0.05) is 37.5 Å². The van der Waals surface area contributed by atoms with Gasteiger partial charge in [-0.15, -0.1) is 24.2 Å². The zero-order chi connectivity index (χ0) is 22.2. The highest BCUT2D eigenvalue weighted by atomic mass is 35.5. The molecule has 1 atom stereocenters. The molecule has 1 fully saturated rings. The molecule has 1 aliphatic carbocycles. The summed E-state index contributed by atoms with van der Waals surface area (Å²) in [6.07, 6.45) is 9.48. The van der Waals surface area contributed by atoms with E-state index in [1.54, 1.807) is 0 Å². The molecular weight excluding hydrogens is 450 g/mol. The lowest BCUT2D eigenvalue weighted by Crippen LogP contribution is -2.46. The summed E-state index contributed by atoms with van der Waals surface area (Å²) in [5, 5.41) is 3.29. The van der Waals surface area contributed by atoms with Crippen molar-refractivity contribution >= 4 is 35.8 Å². The summed E-state index contributed by atoms with van der Waals surface area (Å²) < 4.78 is 0. The number of piperazine rings is 1. The smallest absolute Gasteiger partial charge is 0.220 e. The van der Waals surface area contributed by atoms with Gasteiger partial charge in [-0.25, -0.2) is 0 Å². The molecule has 0 saturated carbocycles. The molecule has 33 heavy (non-hydrogen) atoms. The Labute approximate surface area is 209 Å². The SMILES string of the molecule is CSc1ccccc1N1CCN(CCCCCC(=O)NC2CCCc3ccccc32)CC1.Cl. The Hall–Kier alpha value is -1.69. The molecular formula is C27H38ClN3OS. The van der Waals surface area contributed by atoms with Crippen molar-refractivity contribution in [1.29, 1.82) is 0 Å². The number of carbonyl (C=O) groups excluding carboxylic acids is 1. The number of unbranched alkanes of at least 4 members (excludes halogenated alkanes) is 2. The first-order chi connectivity index (χ1) is 15.7. The first-order valence-corrected chi connectivity index (χ1v) is 13.4. The fraction of sp³-hybridized carbons (Fsp3) is 0.519. The molecule has 4 nitrogen and oxygen atoms in total. The molecule has 4 rings (SSSR count). The quantitative estimate of drug-likeness (QED) is 0.363. The van der Waals surface area contributed by atoms with E-state index in [1.165, 1.54) is 28.1 Å². The van der Waals surface area contributed by atoms with Gasteiger partial charge < -0.3 is 10.2 Å². The Morgan fingerprint density at radius 3 is 2.58 bits per heavy atom. The number of amides is 1. The molecule has 1 saturated heterocycles. The average Bonchev–Trinajstić information content (AvgIpc) is 2.84. The van der Waals surface area contributed by atoms with Gasteiger partial charge in [-0.1, -0.05) is 42.8 Å². The van der Waals surface area contributed by atoms with Crippen LogP contribution >= 0.6 is 24.2 Å². The number of hydrogen-bond acceptors (Lipinski definition) is 4. The highest BCUT2D eigenvalue weighted by Crippen LogP contribution is 2.30. The molecule has 2 aliphatic rings. The number of para-hydroxylation sites is 1. The molecule has 2 aromatic carbocycles. The van der Waals surface area contributed by atoms with Gasteiger partial charge in [0.15, 0.2) is 0 Å². The molecule has 0 bridgehead atoms. The predicted octanol–water partition coefficient (Wildman–Crippen LogP) is 5.71. The van der Waals surface area contributed by atoms with Crippen LogP contribution in [0.2, 0.25) is 0 Å². The minimum absolute atomic E-state index is 0. The van der Waals surface area contributed by atoms with E-state index in [2.05, 4.69) is 69.9 Å². The average molecular weight is 488 g/mol. The van der Waals surface area contributed by atoms with E-state index in [-0.39, 0.29) is 24.4 Å². The number of hydrogen-bond donors (Lipinski definition) is 1. The number of nitrogens with zero attached hydrogens (tertiary/aromatic N) is 2. The maximum atomic E-state index is 12.5. The number of benzene rings is 2. The van der Waals surface area contributed by atoms with Crippen LogP contribution in [0.3, 0.4) is 0 Å². The fourth-order valence-electron chi connectivity index (χ4n) is 5.07. The van der Waals surface area contributed by atoms with E-state index >= 15 is 0 Å². The zero-order valence-corrected chi connectivity index (χ0v) is 21.4. The van der Waals surface area contributed by atoms with Crippen LogP contribution in [0.5, 0.6) is 0 Å². The summed E-state index contributed by atoms with van der Waals surface area (Å²) in [5.74, 6) is 0.216. The number of anilines is 1. The van der Waals surface area contributed by atoms with Gasteiger partial charge in [0.1, 0.15) is 0 Å². The van der Waals surface area contributed by atoms with Gasteiger partial charge in [-0.2, -0.15) is 0 Å². The van der Waals surface area contributed by atoms with Crippen LogP contribution in [-0.4, -0.2) is 49.8 Å². The van der Waals surface area contributed by atoms with Crippen LogP contribution in [0.4, 0.5) is 5.69 Å². The lowest BCUT2D eigenvalue weighted by Gasteiger charge is -2.36. The first-order valence-electron chi connectivity index (χ1n) is 12.2. The van der Waals surface area contributed by atoms with Crippen molar-refractivity contribution in [2.24, 2.45) is 0 Å². The van der Waals surface area contributed by atoms with Gasteiger partial charge in [0.25, 0.3) is 0 Å². The van der Waals surface area contributed by atoms with Crippen molar-refractivity contribution in [2.75, 3.05) is 43.9 Å². The summed E-state index contributed by atoms with van der Waals surface area (Å²) >= 11 is 1.83. The van der Waals surface area contributed by atoms with Crippen molar-refractivity contribution in [1.82, 2.24) is 10.2 Å². The van der Waals surface area contributed by atoms with Crippen LogP contribution in [0.15, 0.2) is 53.4 Å². The molecule has 1 aliphatic heterocycles. The predicted molar refractivity (Wildman–Crippen MR) is 143 cm³/mol. The Balaban J connectivity index is 0.00000306. The molecule has 1 N–H and O–H groups in total. The Bertz CT molecular complexity index is 885. The molecule has 1 heterocycles. The summed E-state index contributed by atoms with van der Waals surface area (Å²) in [6.45, 7) is 5.61. The Morgan fingerprint density at radius 2 is 1.76 bits per heavy atom. The van der Waals surface area contributed by atoms with Gasteiger partial charge in [0.2, 0.25) is 5.91 Å². The second kappa shape index (κ2) is 13.3. The number of thioether (sulfide) groups is 1. The van der Waals surface area contributed by atoms with Crippen LogP contribution < -0.4 is 10.2 Å². The molecule has 0 radical (unpaired) electrons. The van der Waals surface area contributed by atoms with E-state index in [9.17, 15) is 4.79 Å². The summed E-state index contributed by atoms with van der Waals surface area (Å²) in [7, 11) is 0. The summed E-state index contributed by atoms with van der Waals surface area (Å²) in [5.41, 5.74) is 4.11. The van der Waals surface area contributed by atoms with Crippen LogP contribution in [0, 0.1) is 0 Å². The number of rotatable bonds is 9. The summed E-state index contributed by atoms with van der Waals surface area (Å²) in [4.78, 5) is 19.0. The van der Waals surface area contributed by atoms with E-state index in [1.807, 2.05) is 11.8 Å². The minimum Gasteiger partial charge on any atom is -0.368 e. The van der Waals surface area contributed by atoms with Gasteiger partial charge in [0.05, 0.1) is 11.7 Å². The third-order valence-corrected chi connectivity index (χ3v) is 7.67. The zero-order valence-electron chi connectivity index (χ0n) is 19.8. The Kier molecular flexibility index (Phi) is 10.4. The van der Waals surface area contributed by atoms with Crippen LogP contribution in [-0.2, 0) is 11.2 Å². The second-order valence-corrected chi connectivity index (χ2v) is 9.87. The maximum Gasteiger partial charge on any atom is 0.220 e. The number of carbonyl (C=O) groups is 1. The molecule has 6 heteroatoms. The summed E-state index contributed by atoms with van der Waals surface area (Å²) in [6, 6.07) is 17.5. The van der Waals surface area contributed by atoms with Crippen molar-refractivity contribution in [3.05, 3.63) is 59.7 Å². The highest BCUT2D eigenvalue weighted by molar-refractivity contribution is 7.98. The minimum atomic E-state index is 0. The normalized spacial score (nSPS) is 18.3. The number of fused-ring (bicyclic) bond motifs is 1. The van der Waals surface area contributed by atoms with Gasteiger partial charge in [-0.05, 0) is 68.2 Å². The fourth-order valence-corrected chi connectivity index (χ4v) is 5.69. The molecule has 0 spiro atoms. The maximum absolute atomic E-state index is 12.5. The van der Waals surface area contributed by atoms with Crippen molar-refractivity contribution in [2.45, 2.75) is 55.9 Å². The monoisotopic (exact) mass is 487 g/mol. The Morgan fingerprint density at radius 1 is 1.00 bits per heavy atom. The lowest BCUT2D eigenvalue weighted by molar-refractivity contribution is -0.122. The molecule has 1 unspecified atom stereocenters. The lowest BCUT2D eigenvalue weighted by atomic mass is 9.87. The standard InChI is InChI=1S/C27H37N3OS.ClH/c1-32-26-15-7-6-14-25(26)30-20-18-29(19-21-30)17-8-2-3-16-27(31)28-24-13-9-11-22-10-4-5-12-23(22)24;/h4-7,10,12,14-15,24H,2-3,8-9,11,13,16-21H2,1H3,(H,28,31);1H. The van der Waals surface area contributed by atoms with Crippen molar-refractivity contribution in [3.63, 3.8) is 0 Å². The van der Waals surface area contributed by atoms with Crippen LogP contribution in [0.1, 0.15) is 55.7 Å². The second-order valence-electron chi connectivity index (χ2n) is 9.02. The first kappa shape index (κ1) is 25.9. The molecule has 180 valence electrons. The number of aryl methyl sites for hydroxylation is 1. The molecule has 1 amide bonds. The van der Waals surface area contributed by atoms with Crippen LogP contribution in [0.25, 0.3) is 0 Å². The third-order valence-electron chi connectivity index (χ3n) is 6.88. The van der Waals surface area contributed by atoms with E-state index in [0.29, 0.717) is 6.42 Å². The van der Waals surface area contributed by atoms with Gasteiger partial charge in [-0.3, -0.25) is 9.69 Å². The van der Waals surface area contributed by atoms with Gasteiger partial charge >= 0.3 is 0 Å². The number of nitrogens with one attached hydrogen (secondary N) is 1. The number of halogens is 1. The van der Waals surface area contributed by atoms with E-state index < -0.39 is 0 Å². The van der Waals surface area contributed by atoms with E-state index in [4.69, 9.17) is 0 Å². The highest BCUT2D eigenvalue weighted by Gasteiger charge is 2.21. The topological polar surface area (TPSA) is 35.6 Å². The molecule has 0 aromatic heterocycles. The van der Waals surface area contributed by atoms with Crippen molar-refractivity contribution < 1.29 is 4.79 Å². The third kappa shape index (κ3) is 7.14. The van der Waals surface area contributed by atoms with Crippen molar-refractivity contribution in [3.8, 4) is 0 Å². The molecule has 2 aromatic rings.